The molecule has 0 saturated heterocycles. The maximum Gasteiger partial charge on any atom is 0.364 e. The van der Waals surface area contributed by atoms with E-state index < -0.39 is 11.9 Å². The van der Waals surface area contributed by atoms with Crippen molar-refractivity contribution in [3.05, 3.63) is 42.1 Å². The first-order valence-corrected chi connectivity index (χ1v) is 6.77. The highest BCUT2D eigenvalue weighted by atomic mass is 16.6. The van der Waals surface area contributed by atoms with E-state index in [-0.39, 0.29) is 11.6 Å². The van der Waals surface area contributed by atoms with Crippen LogP contribution in [0.4, 0.5) is 0 Å². The summed E-state index contributed by atoms with van der Waals surface area (Å²) in [7, 11) is 0. The summed E-state index contributed by atoms with van der Waals surface area (Å²) in [5, 5.41) is 0.940. The summed E-state index contributed by atoms with van der Waals surface area (Å²) in [6.45, 7) is 3.79. The van der Waals surface area contributed by atoms with Gasteiger partial charge in [0.25, 0.3) is 0 Å². The molecule has 0 radical (unpaired) electrons. The molecule has 0 aliphatic heterocycles. The molecule has 0 aliphatic rings. The Balaban J connectivity index is 2.17. The molecule has 1 heterocycles. The molecule has 0 unspecified atom stereocenters. The summed E-state index contributed by atoms with van der Waals surface area (Å²) in [5.74, 6) is -1.40. The van der Waals surface area contributed by atoms with Crippen LogP contribution in [-0.2, 0) is 9.53 Å². The van der Waals surface area contributed by atoms with Crippen molar-refractivity contribution in [1.29, 1.82) is 0 Å². The Kier molecular flexibility index (Phi) is 4.45. The van der Waals surface area contributed by atoms with Crippen LogP contribution in [0.25, 0.3) is 10.9 Å². The lowest BCUT2D eigenvalue weighted by atomic mass is 10.0. The van der Waals surface area contributed by atoms with Gasteiger partial charge in [-0.2, -0.15) is 0 Å². The van der Waals surface area contributed by atoms with Crippen LogP contribution in [0, 0.1) is 5.92 Å². The van der Waals surface area contributed by atoms with E-state index >= 15 is 0 Å². The van der Waals surface area contributed by atoms with E-state index in [1.54, 1.807) is 12.1 Å². The van der Waals surface area contributed by atoms with E-state index in [0.29, 0.717) is 18.4 Å². The number of hydrogen-bond acceptors (Lipinski definition) is 4. The number of aromatic nitrogens is 1. The van der Waals surface area contributed by atoms with Crippen LogP contribution in [0.1, 0.15) is 37.2 Å². The third-order valence-corrected chi connectivity index (χ3v) is 3.32. The second-order valence-electron chi connectivity index (χ2n) is 4.61. The van der Waals surface area contributed by atoms with Crippen LogP contribution in [0.15, 0.2) is 36.4 Å². The zero-order valence-electron chi connectivity index (χ0n) is 11.6. The van der Waals surface area contributed by atoms with Crippen molar-refractivity contribution < 1.29 is 14.3 Å². The Morgan fingerprint density at radius 2 is 1.80 bits per heavy atom. The fraction of sp³-hybridized carbons (Fsp3) is 0.312. The van der Waals surface area contributed by atoms with Crippen molar-refractivity contribution in [3.8, 4) is 0 Å². The molecule has 4 nitrogen and oxygen atoms in total. The molecule has 0 amide bonds. The van der Waals surface area contributed by atoms with Gasteiger partial charge < -0.3 is 4.74 Å². The summed E-state index contributed by atoms with van der Waals surface area (Å²) in [6, 6.07) is 10.8. The minimum Gasteiger partial charge on any atom is -0.388 e. The van der Waals surface area contributed by atoms with Gasteiger partial charge in [-0.25, -0.2) is 9.78 Å². The van der Waals surface area contributed by atoms with E-state index in [0.717, 1.165) is 5.39 Å². The summed E-state index contributed by atoms with van der Waals surface area (Å²) in [5.41, 5.74) is 0.861. The number of rotatable bonds is 4. The van der Waals surface area contributed by atoms with Crippen molar-refractivity contribution in [1.82, 2.24) is 4.98 Å². The minimum absolute atomic E-state index is 0.156. The SMILES string of the molecule is CCC(CC)C(=O)OC(=O)c1ccc2ccccc2n1. The van der Waals surface area contributed by atoms with Crippen LogP contribution in [0.5, 0.6) is 0 Å². The molecule has 1 aromatic carbocycles. The molecule has 2 aromatic rings. The van der Waals surface area contributed by atoms with Gasteiger partial charge in [0.2, 0.25) is 0 Å². The molecule has 20 heavy (non-hydrogen) atoms. The lowest BCUT2D eigenvalue weighted by Gasteiger charge is -2.10. The highest BCUT2D eigenvalue weighted by Crippen LogP contribution is 2.14. The highest BCUT2D eigenvalue weighted by molar-refractivity contribution is 5.97. The van der Waals surface area contributed by atoms with E-state index in [1.807, 2.05) is 38.1 Å². The predicted octanol–water partition coefficient (Wildman–Crippen LogP) is 3.35. The van der Waals surface area contributed by atoms with Crippen molar-refractivity contribution in [2.75, 3.05) is 0 Å². The second-order valence-corrected chi connectivity index (χ2v) is 4.61. The summed E-state index contributed by atoms with van der Waals surface area (Å²) in [6.07, 6.45) is 1.32. The Morgan fingerprint density at radius 1 is 1.10 bits per heavy atom. The molecule has 0 bridgehead atoms. The van der Waals surface area contributed by atoms with Gasteiger partial charge in [-0.1, -0.05) is 38.1 Å². The highest BCUT2D eigenvalue weighted by Gasteiger charge is 2.21. The first kappa shape index (κ1) is 14.2. The zero-order chi connectivity index (χ0) is 14.5. The van der Waals surface area contributed by atoms with Crippen molar-refractivity contribution >= 4 is 22.8 Å². The van der Waals surface area contributed by atoms with E-state index in [1.165, 1.54) is 0 Å². The molecular weight excluding hydrogens is 254 g/mol. The number of carbonyl (C=O) groups excluding carboxylic acids is 2. The van der Waals surface area contributed by atoms with Gasteiger partial charge in [-0.15, -0.1) is 0 Å². The Bertz CT molecular complexity index is 632. The molecule has 1 aromatic heterocycles. The first-order chi connectivity index (χ1) is 9.65. The molecule has 0 saturated carbocycles. The summed E-state index contributed by atoms with van der Waals surface area (Å²) < 4.78 is 4.89. The normalized spacial score (nSPS) is 10.8. The fourth-order valence-electron chi connectivity index (χ4n) is 2.03. The average Bonchev–Trinajstić information content (AvgIpc) is 2.48. The van der Waals surface area contributed by atoms with Crippen molar-refractivity contribution in [2.24, 2.45) is 5.92 Å². The van der Waals surface area contributed by atoms with E-state index in [4.69, 9.17) is 4.74 Å². The number of ether oxygens (including phenoxy) is 1. The van der Waals surface area contributed by atoms with Gasteiger partial charge in [0.1, 0.15) is 5.69 Å². The third kappa shape index (κ3) is 3.02. The lowest BCUT2D eigenvalue weighted by molar-refractivity contribution is -0.142. The molecule has 0 atom stereocenters. The first-order valence-electron chi connectivity index (χ1n) is 6.77. The molecule has 4 heteroatoms. The molecule has 2 rings (SSSR count). The standard InChI is InChI=1S/C16H17NO3/c1-3-11(4-2)15(18)20-16(19)14-10-9-12-7-5-6-8-13(12)17-14/h5-11H,3-4H2,1-2H3. The Hall–Kier alpha value is -2.23. The van der Waals surface area contributed by atoms with E-state index in [2.05, 4.69) is 4.98 Å². The zero-order valence-corrected chi connectivity index (χ0v) is 11.6. The number of para-hydroxylation sites is 1. The van der Waals surface area contributed by atoms with E-state index in [9.17, 15) is 9.59 Å². The van der Waals surface area contributed by atoms with Gasteiger partial charge in [0.05, 0.1) is 11.4 Å². The molecule has 0 fully saturated rings. The smallest absolute Gasteiger partial charge is 0.364 e. The lowest BCUT2D eigenvalue weighted by Crippen LogP contribution is -2.21. The number of fused-ring (bicyclic) bond motifs is 1. The summed E-state index contributed by atoms with van der Waals surface area (Å²) in [4.78, 5) is 27.9. The number of benzene rings is 1. The maximum absolute atomic E-state index is 11.9. The number of nitrogens with zero attached hydrogens (tertiary/aromatic N) is 1. The molecule has 104 valence electrons. The third-order valence-electron chi connectivity index (χ3n) is 3.32. The molecule has 0 spiro atoms. The van der Waals surface area contributed by atoms with Crippen LogP contribution in [-0.4, -0.2) is 16.9 Å². The number of esters is 2. The van der Waals surface area contributed by atoms with Crippen LogP contribution in [0.2, 0.25) is 0 Å². The predicted molar refractivity (Wildman–Crippen MR) is 76.2 cm³/mol. The van der Waals surface area contributed by atoms with Gasteiger partial charge in [-0.3, -0.25) is 4.79 Å². The van der Waals surface area contributed by atoms with Gasteiger partial charge >= 0.3 is 11.9 Å². The van der Waals surface area contributed by atoms with Crippen molar-refractivity contribution in [2.45, 2.75) is 26.7 Å². The molecule has 0 N–H and O–H groups in total. The number of pyridine rings is 1. The minimum atomic E-state index is -0.687. The van der Waals surface area contributed by atoms with Crippen LogP contribution >= 0.6 is 0 Å². The average molecular weight is 271 g/mol. The number of carbonyl (C=O) groups is 2. The fourth-order valence-corrected chi connectivity index (χ4v) is 2.03. The monoisotopic (exact) mass is 271 g/mol. The maximum atomic E-state index is 11.9. The van der Waals surface area contributed by atoms with Gasteiger partial charge in [-0.05, 0) is 25.0 Å². The largest absolute Gasteiger partial charge is 0.388 e. The van der Waals surface area contributed by atoms with Gasteiger partial charge in [0, 0.05) is 5.39 Å². The Labute approximate surface area is 117 Å². The molecule has 0 aliphatic carbocycles. The second kappa shape index (κ2) is 6.28. The van der Waals surface area contributed by atoms with Crippen LogP contribution < -0.4 is 0 Å². The topological polar surface area (TPSA) is 56.3 Å². The summed E-state index contributed by atoms with van der Waals surface area (Å²) >= 11 is 0. The Morgan fingerprint density at radius 3 is 2.50 bits per heavy atom. The number of hydrogen-bond donors (Lipinski definition) is 0. The molecular formula is C16H17NO3. The van der Waals surface area contributed by atoms with Gasteiger partial charge in [0.15, 0.2) is 0 Å². The quantitative estimate of drug-likeness (QED) is 0.632. The van der Waals surface area contributed by atoms with Crippen molar-refractivity contribution in [3.63, 3.8) is 0 Å². The van der Waals surface area contributed by atoms with Crippen LogP contribution in [0.3, 0.4) is 0 Å².